The summed E-state index contributed by atoms with van der Waals surface area (Å²) in [5.74, 6) is 1.11. The molecule has 0 amide bonds. The van der Waals surface area contributed by atoms with Gasteiger partial charge in [-0.2, -0.15) is 5.26 Å². The maximum absolute atomic E-state index is 9.82. The van der Waals surface area contributed by atoms with E-state index in [1.54, 1.807) is 0 Å². The summed E-state index contributed by atoms with van der Waals surface area (Å²) in [7, 11) is 0. The van der Waals surface area contributed by atoms with Gasteiger partial charge in [0.25, 0.3) is 0 Å². The van der Waals surface area contributed by atoms with Gasteiger partial charge < -0.3 is 4.57 Å². The van der Waals surface area contributed by atoms with Gasteiger partial charge in [-0.05, 0) is 52.1 Å². The van der Waals surface area contributed by atoms with Gasteiger partial charge in [0.05, 0.1) is 22.7 Å². The van der Waals surface area contributed by atoms with Crippen molar-refractivity contribution in [3.63, 3.8) is 0 Å². The standard InChI is InChI=1S/C29H25N3/c1-2-3-13-29-31-27-17-23-11-7-8-12-24(23)18-28(27)32(29)20-21-14-15-26(25(16-21)19-30)22-9-5-4-6-10-22/h4-12,14-18H,2-3,13,20H2,1H3. The summed E-state index contributed by atoms with van der Waals surface area (Å²) in [5, 5.41) is 12.3. The first-order valence-corrected chi connectivity index (χ1v) is 11.2. The number of imidazole rings is 1. The Morgan fingerprint density at radius 3 is 2.38 bits per heavy atom. The van der Waals surface area contributed by atoms with E-state index in [1.807, 2.05) is 36.4 Å². The van der Waals surface area contributed by atoms with Gasteiger partial charge in [0, 0.05) is 13.0 Å². The third-order valence-electron chi connectivity index (χ3n) is 6.08. The van der Waals surface area contributed by atoms with Crippen molar-refractivity contribution in [2.24, 2.45) is 0 Å². The van der Waals surface area contributed by atoms with E-state index in [9.17, 15) is 5.26 Å². The van der Waals surface area contributed by atoms with Crippen LogP contribution in [-0.4, -0.2) is 9.55 Å². The van der Waals surface area contributed by atoms with Gasteiger partial charge in [-0.15, -0.1) is 0 Å². The molecular weight excluding hydrogens is 390 g/mol. The smallest absolute Gasteiger partial charge is 0.110 e. The number of hydrogen-bond donors (Lipinski definition) is 0. The number of nitriles is 1. The van der Waals surface area contributed by atoms with Crippen LogP contribution < -0.4 is 0 Å². The number of fused-ring (bicyclic) bond motifs is 2. The first kappa shape index (κ1) is 20.0. The fourth-order valence-corrected chi connectivity index (χ4v) is 4.40. The highest BCUT2D eigenvalue weighted by molar-refractivity contribution is 5.95. The molecule has 0 unspecified atom stereocenters. The molecule has 0 radical (unpaired) electrons. The predicted octanol–water partition coefficient (Wildman–Crippen LogP) is 7.12. The molecule has 0 spiro atoms. The summed E-state index contributed by atoms with van der Waals surface area (Å²) in [6.45, 7) is 2.92. The molecule has 5 rings (SSSR count). The average Bonchev–Trinajstić information content (AvgIpc) is 3.17. The monoisotopic (exact) mass is 415 g/mol. The van der Waals surface area contributed by atoms with Crippen LogP contribution in [0.25, 0.3) is 32.9 Å². The zero-order valence-corrected chi connectivity index (χ0v) is 18.3. The molecule has 0 aliphatic heterocycles. The number of unbranched alkanes of at least 4 members (excludes halogenated alkanes) is 1. The van der Waals surface area contributed by atoms with Crippen LogP contribution in [0.4, 0.5) is 0 Å². The minimum Gasteiger partial charge on any atom is -0.323 e. The normalized spacial score (nSPS) is 11.1. The molecule has 156 valence electrons. The maximum atomic E-state index is 9.82. The molecule has 0 bridgehead atoms. The Morgan fingerprint density at radius 1 is 0.875 bits per heavy atom. The Hall–Kier alpha value is -3.90. The first-order valence-electron chi connectivity index (χ1n) is 11.2. The second-order valence-electron chi connectivity index (χ2n) is 8.26. The lowest BCUT2D eigenvalue weighted by molar-refractivity contribution is 0.690. The molecule has 0 fully saturated rings. The highest BCUT2D eigenvalue weighted by atomic mass is 15.1. The summed E-state index contributed by atoms with van der Waals surface area (Å²) in [6.07, 6.45) is 3.20. The highest BCUT2D eigenvalue weighted by Crippen LogP contribution is 2.28. The Balaban J connectivity index is 1.59. The van der Waals surface area contributed by atoms with E-state index in [1.165, 1.54) is 10.8 Å². The largest absolute Gasteiger partial charge is 0.323 e. The molecule has 3 nitrogen and oxygen atoms in total. The average molecular weight is 416 g/mol. The molecule has 0 saturated carbocycles. The molecule has 0 saturated heterocycles. The van der Waals surface area contributed by atoms with Crippen LogP contribution in [0, 0.1) is 11.3 Å². The van der Waals surface area contributed by atoms with Crippen LogP contribution in [0.5, 0.6) is 0 Å². The third-order valence-corrected chi connectivity index (χ3v) is 6.08. The molecule has 1 aromatic heterocycles. The predicted molar refractivity (Wildman–Crippen MR) is 132 cm³/mol. The van der Waals surface area contributed by atoms with Crippen molar-refractivity contribution in [3.05, 3.63) is 102 Å². The summed E-state index contributed by atoms with van der Waals surface area (Å²) < 4.78 is 2.33. The molecule has 3 heteroatoms. The minimum absolute atomic E-state index is 0.706. The van der Waals surface area contributed by atoms with Gasteiger partial charge in [0.1, 0.15) is 5.82 Å². The quantitative estimate of drug-likeness (QED) is 0.296. The number of aromatic nitrogens is 2. The van der Waals surface area contributed by atoms with Crippen molar-refractivity contribution in [1.29, 1.82) is 5.26 Å². The van der Waals surface area contributed by atoms with Crippen molar-refractivity contribution in [2.45, 2.75) is 32.7 Å². The van der Waals surface area contributed by atoms with Crippen molar-refractivity contribution in [3.8, 4) is 17.2 Å². The number of benzene rings is 4. The third kappa shape index (κ3) is 3.76. The van der Waals surface area contributed by atoms with Gasteiger partial charge in [-0.1, -0.05) is 80.1 Å². The Bertz CT molecular complexity index is 1440. The van der Waals surface area contributed by atoms with Gasteiger partial charge in [0.2, 0.25) is 0 Å². The second kappa shape index (κ2) is 8.69. The lowest BCUT2D eigenvalue weighted by atomic mass is 9.98. The van der Waals surface area contributed by atoms with Crippen molar-refractivity contribution >= 4 is 21.8 Å². The Labute approximate surface area is 188 Å². The lowest BCUT2D eigenvalue weighted by Gasteiger charge is -2.12. The van der Waals surface area contributed by atoms with Gasteiger partial charge in [-0.3, -0.25) is 0 Å². The van der Waals surface area contributed by atoms with E-state index in [0.29, 0.717) is 12.1 Å². The SMILES string of the molecule is CCCCc1nc2cc3ccccc3cc2n1Cc1ccc(-c2ccccc2)c(C#N)c1. The number of rotatable bonds is 6. The van der Waals surface area contributed by atoms with Crippen LogP contribution in [0.3, 0.4) is 0 Å². The minimum atomic E-state index is 0.706. The van der Waals surface area contributed by atoms with Gasteiger partial charge >= 0.3 is 0 Å². The molecule has 4 aromatic carbocycles. The van der Waals surface area contributed by atoms with E-state index in [2.05, 4.69) is 66.1 Å². The number of hydrogen-bond acceptors (Lipinski definition) is 2. The van der Waals surface area contributed by atoms with Crippen LogP contribution in [-0.2, 0) is 13.0 Å². The zero-order valence-electron chi connectivity index (χ0n) is 18.3. The van der Waals surface area contributed by atoms with E-state index >= 15 is 0 Å². The van der Waals surface area contributed by atoms with E-state index in [0.717, 1.165) is 52.8 Å². The van der Waals surface area contributed by atoms with E-state index < -0.39 is 0 Å². The molecule has 0 aliphatic rings. The molecule has 0 atom stereocenters. The molecule has 32 heavy (non-hydrogen) atoms. The number of aryl methyl sites for hydroxylation is 1. The van der Waals surface area contributed by atoms with Crippen molar-refractivity contribution < 1.29 is 0 Å². The summed E-state index contributed by atoms with van der Waals surface area (Å²) >= 11 is 0. The molecule has 1 heterocycles. The topological polar surface area (TPSA) is 41.6 Å². The fraction of sp³-hybridized carbons (Fsp3) is 0.172. The van der Waals surface area contributed by atoms with Gasteiger partial charge in [0.15, 0.2) is 0 Å². The van der Waals surface area contributed by atoms with Crippen LogP contribution >= 0.6 is 0 Å². The van der Waals surface area contributed by atoms with Crippen LogP contribution in [0.15, 0.2) is 84.9 Å². The molecule has 5 aromatic rings. The summed E-state index contributed by atoms with van der Waals surface area (Å²) in [6, 6.07) is 31.6. The molecule has 0 aliphatic carbocycles. The van der Waals surface area contributed by atoms with Crippen LogP contribution in [0.1, 0.15) is 36.7 Å². The second-order valence-corrected chi connectivity index (χ2v) is 8.26. The Morgan fingerprint density at radius 2 is 1.62 bits per heavy atom. The van der Waals surface area contributed by atoms with Crippen molar-refractivity contribution in [2.75, 3.05) is 0 Å². The zero-order chi connectivity index (χ0) is 21.9. The fourth-order valence-electron chi connectivity index (χ4n) is 4.40. The van der Waals surface area contributed by atoms with Gasteiger partial charge in [-0.25, -0.2) is 4.98 Å². The Kier molecular flexibility index (Phi) is 5.44. The summed E-state index contributed by atoms with van der Waals surface area (Å²) in [5.41, 5.74) is 6.06. The maximum Gasteiger partial charge on any atom is 0.110 e. The first-order chi connectivity index (χ1) is 15.8. The van der Waals surface area contributed by atoms with E-state index in [4.69, 9.17) is 4.98 Å². The van der Waals surface area contributed by atoms with Crippen LogP contribution in [0.2, 0.25) is 0 Å². The van der Waals surface area contributed by atoms with Crippen molar-refractivity contribution in [1.82, 2.24) is 9.55 Å². The highest BCUT2D eigenvalue weighted by Gasteiger charge is 2.13. The summed E-state index contributed by atoms with van der Waals surface area (Å²) in [4.78, 5) is 5.00. The molecule has 0 N–H and O–H groups in total. The number of nitrogens with zero attached hydrogens (tertiary/aromatic N) is 3. The van der Waals surface area contributed by atoms with E-state index in [-0.39, 0.29) is 0 Å². The lowest BCUT2D eigenvalue weighted by Crippen LogP contribution is -2.06. The molecular formula is C29H25N3.